The molecule has 0 spiro atoms. The van der Waals surface area contributed by atoms with E-state index in [1.807, 2.05) is 72.8 Å². The van der Waals surface area contributed by atoms with Crippen molar-refractivity contribution >= 4 is 45.0 Å². The standard InChI is InChI=1S/C30H25BrN2O5S/c1-4-38-29(35)25-26(18-9-6-5-7-10-18)32-30-33(27(25)19-11-8-12-21(15-19)36-2)28(34)24(39-30)17-20-16-22(37-3)13-14-23(20)31/h5-17,27H,4H2,1-3H3/b24-17-/t27-/m1/s1. The predicted octanol–water partition coefficient (Wildman–Crippen LogP) is 4.72. The summed E-state index contributed by atoms with van der Waals surface area (Å²) in [5, 5.41) is 0. The van der Waals surface area contributed by atoms with Gasteiger partial charge in [-0.15, -0.1) is 0 Å². The van der Waals surface area contributed by atoms with Gasteiger partial charge in [-0.25, -0.2) is 9.79 Å². The van der Waals surface area contributed by atoms with Gasteiger partial charge in [0.2, 0.25) is 0 Å². The first-order valence-electron chi connectivity index (χ1n) is 12.2. The van der Waals surface area contributed by atoms with Crippen LogP contribution in [0, 0.1) is 0 Å². The van der Waals surface area contributed by atoms with E-state index >= 15 is 0 Å². The van der Waals surface area contributed by atoms with E-state index in [1.54, 1.807) is 31.8 Å². The molecule has 1 aliphatic heterocycles. The number of carbonyl (C=O) groups is 1. The van der Waals surface area contributed by atoms with Crippen LogP contribution in [0.3, 0.4) is 0 Å². The lowest BCUT2D eigenvalue weighted by molar-refractivity contribution is -0.138. The molecule has 39 heavy (non-hydrogen) atoms. The average molecular weight is 606 g/mol. The van der Waals surface area contributed by atoms with Crippen molar-refractivity contribution in [2.75, 3.05) is 20.8 Å². The molecule has 7 nitrogen and oxygen atoms in total. The van der Waals surface area contributed by atoms with E-state index in [9.17, 15) is 9.59 Å². The third kappa shape index (κ3) is 5.20. The zero-order valence-electron chi connectivity index (χ0n) is 21.5. The second-order valence-electron chi connectivity index (χ2n) is 8.60. The molecule has 5 rings (SSSR count). The zero-order valence-corrected chi connectivity index (χ0v) is 23.9. The summed E-state index contributed by atoms with van der Waals surface area (Å²) in [5.74, 6) is 0.747. The highest BCUT2D eigenvalue weighted by Crippen LogP contribution is 2.36. The molecule has 1 atom stereocenters. The molecule has 1 aliphatic rings. The molecule has 198 valence electrons. The third-order valence-corrected chi connectivity index (χ3v) is 7.98. The maximum atomic E-state index is 14.0. The van der Waals surface area contributed by atoms with E-state index < -0.39 is 12.0 Å². The van der Waals surface area contributed by atoms with E-state index in [0.717, 1.165) is 15.6 Å². The highest BCUT2D eigenvalue weighted by atomic mass is 79.9. The van der Waals surface area contributed by atoms with Crippen LogP contribution < -0.4 is 24.4 Å². The largest absolute Gasteiger partial charge is 0.497 e. The molecule has 0 fully saturated rings. The van der Waals surface area contributed by atoms with Crippen LogP contribution in [0.4, 0.5) is 0 Å². The van der Waals surface area contributed by atoms with Gasteiger partial charge in [-0.05, 0) is 54.5 Å². The first-order valence-corrected chi connectivity index (χ1v) is 13.8. The summed E-state index contributed by atoms with van der Waals surface area (Å²) >= 11 is 4.83. The minimum atomic E-state index is -0.776. The summed E-state index contributed by atoms with van der Waals surface area (Å²) in [5.41, 5.74) is 2.73. The Morgan fingerprint density at radius 1 is 1.03 bits per heavy atom. The van der Waals surface area contributed by atoms with Crippen molar-refractivity contribution in [2.45, 2.75) is 13.0 Å². The monoisotopic (exact) mass is 604 g/mol. The Labute approximate surface area is 237 Å². The van der Waals surface area contributed by atoms with Gasteiger partial charge in [-0.1, -0.05) is 69.7 Å². The topological polar surface area (TPSA) is 79.1 Å². The van der Waals surface area contributed by atoms with Crippen LogP contribution in [-0.2, 0) is 9.53 Å². The number of hydrogen-bond donors (Lipinski definition) is 0. The molecule has 0 saturated heterocycles. The maximum absolute atomic E-state index is 14.0. The van der Waals surface area contributed by atoms with Crippen LogP contribution in [0.15, 0.2) is 92.6 Å². The number of carbonyl (C=O) groups excluding carboxylic acids is 1. The Hall–Kier alpha value is -3.95. The van der Waals surface area contributed by atoms with Crippen molar-refractivity contribution < 1.29 is 19.0 Å². The van der Waals surface area contributed by atoms with Gasteiger partial charge in [0.1, 0.15) is 11.5 Å². The zero-order chi connectivity index (χ0) is 27.5. The van der Waals surface area contributed by atoms with Crippen molar-refractivity contribution in [3.63, 3.8) is 0 Å². The molecular formula is C30H25BrN2O5S. The molecule has 0 saturated carbocycles. The summed E-state index contributed by atoms with van der Waals surface area (Å²) in [6, 6.07) is 21.6. The lowest BCUT2D eigenvalue weighted by atomic mass is 9.93. The van der Waals surface area contributed by atoms with Crippen LogP contribution in [0.2, 0.25) is 0 Å². The fourth-order valence-corrected chi connectivity index (χ4v) is 5.82. The van der Waals surface area contributed by atoms with Gasteiger partial charge in [-0.2, -0.15) is 0 Å². The van der Waals surface area contributed by atoms with E-state index in [-0.39, 0.29) is 17.7 Å². The predicted molar refractivity (Wildman–Crippen MR) is 155 cm³/mol. The SMILES string of the molecule is CCOC(=O)C1=C(c2ccccc2)N=c2s/c(=C\c3cc(OC)ccc3Br)c(=O)n2[C@@H]1c1cccc(OC)c1. The smallest absolute Gasteiger partial charge is 0.338 e. The summed E-state index contributed by atoms with van der Waals surface area (Å²) in [7, 11) is 3.17. The summed E-state index contributed by atoms with van der Waals surface area (Å²) in [6.45, 7) is 1.94. The molecule has 0 unspecified atom stereocenters. The lowest BCUT2D eigenvalue weighted by Gasteiger charge is -2.26. The molecule has 0 radical (unpaired) electrons. The summed E-state index contributed by atoms with van der Waals surface area (Å²) < 4.78 is 19.2. The Bertz CT molecular complexity index is 1760. The normalized spacial score (nSPS) is 15.0. The van der Waals surface area contributed by atoms with Crippen molar-refractivity contribution in [1.29, 1.82) is 0 Å². The quantitative estimate of drug-likeness (QED) is 0.285. The molecule has 9 heteroatoms. The number of nitrogens with zero attached hydrogens (tertiary/aromatic N) is 2. The van der Waals surface area contributed by atoms with Gasteiger partial charge in [0.05, 0.1) is 42.7 Å². The maximum Gasteiger partial charge on any atom is 0.338 e. The molecular weight excluding hydrogens is 580 g/mol. The van der Waals surface area contributed by atoms with Crippen molar-refractivity contribution in [1.82, 2.24) is 4.57 Å². The van der Waals surface area contributed by atoms with Crippen LogP contribution in [0.5, 0.6) is 11.5 Å². The van der Waals surface area contributed by atoms with E-state index in [2.05, 4.69) is 15.9 Å². The summed E-state index contributed by atoms with van der Waals surface area (Å²) in [6.07, 6.45) is 1.80. The van der Waals surface area contributed by atoms with Crippen molar-refractivity contribution in [2.24, 2.45) is 4.99 Å². The molecule has 0 amide bonds. The fourth-order valence-electron chi connectivity index (χ4n) is 4.47. The van der Waals surface area contributed by atoms with Crippen LogP contribution in [-0.4, -0.2) is 31.4 Å². The van der Waals surface area contributed by atoms with Crippen LogP contribution >= 0.6 is 27.3 Å². The van der Waals surface area contributed by atoms with Gasteiger partial charge in [0.15, 0.2) is 4.80 Å². The first kappa shape index (κ1) is 26.6. The number of thiazole rings is 1. The highest BCUT2D eigenvalue weighted by molar-refractivity contribution is 9.10. The Kier molecular flexibility index (Phi) is 7.81. The van der Waals surface area contributed by atoms with Crippen LogP contribution in [0.1, 0.15) is 29.7 Å². The first-order chi connectivity index (χ1) is 18.9. The number of methoxy groups -OCH3 is 2. The fraction of sp³-hybridized carbons (Fsp3) is 0.167. The lowest BCUT2D eigenvalue weighted by Crippen LogP contribution is -2.40. The number of fused-ring (bicyclic) bond motifs is 1. The molecule has 0 aliphatic carbocycles. The van der Waals surface area contributed by atoms with Gasteiger partial charge in [0.25, 0.3) is 5.56 Å². The van der Waals surface area contributed by atoms with Crippen molar-refractivity contribution in [3.8, 4) is 11.5 Å². The van der Waals surface area contributed by atoms with E-state index in [4.69, 9.17) is 19.2 Å². The molecule has 3 aromatic carbocycles. The summed E-state index contributed by atoms with van der Waals surface area (Å²) in [4.78, 5) is 32.9. The third-order valence-electron chi connectivity index (χ3n) is 6.27. The number of hydrogen-bond acceptors (Lipinski definition) is 7. The second kappa shape index (κ2) is 11.4. The number of halogens is 1. The molecule has 0 N–H and O–H groups in total. The molecule has 4 aromatic rings. The molecule has 1 aromatic heterocycles. The Morgan fingerprint density at radius 2 is 1.77 bits per heavy atom. The number of ether oxygens (including phenoxy) is 3. The van der Waals surface area contributed by atoms with Gasteiger partial charge < -0.3 is 14.2 Å². The number of rotatable bonds is 7. The van der Waals surface area contributed by atoms with Gasteiger partial charge in [0, 0.05) is 10.0 Å². The Morgan fingerprint density at radius 3 is 2.49 bits per heavy atom. The molecule has 0 bridgehead atoms. The Balaban J connectivity index is 1.84. The second-order valence-corrected chi connectivity index (χ2v) is 10.5. The van der Waals surface area contributed by atoms with Gasteiger partial charge in [-0.3, -0.25) is 9.36 Å². The van der Waals surface area contributed by atoms with Crippen molar-refractivity contribution in [3.05, 3.63) is 119 Å². The number of benzene rings is 3. The average Bonchev–Trinajstić information content (AvgIpc) is 3.28. The minimum Gasteiger partial charge on any atom is -0.497 e. The highest BCUT2D eigenvalue weighted by Gasteiger charge is 2.35. The van der Waals surface area contributed by atoms with Gasteiger partial charge >= 0.3 is 5.97 Å². The minimum absolute atomic E-state index is 0.184. The van der Waals surface area contributed by atoms with E-state index in [0.29, 0.717) is 32.1 Å². The van der Waals surface area contributed by atoms with Crippen LogP contribution in [0.25, 0.3) is 11.8 Å². The number of aromatic nitrogens is 1. The number of esters is 1. The van der Waals surface area contributed by atoms with E-state index in [1.165, 1.54) is 11.3 Å². The molecule has 2 heterocycles.